The van der Waals surface area contributed by atoms with Crippen molar-refractivity contribution in [2.45, 2.75) is 43.7 Å². The van der Waals surface area contributed by atoms with Crippen molar-refractivity contribution in [2.24, 2.45) is 0 Å². The lowest BCUT2D eigenvalue weighted by Crippen LogP contribution is -2.06. The lowest BCUT2D eigenvalue weighted by atomic mass is 9.87. The minimum atomic E-state index is -4.20. The second kappa shape index (κ2) is 3.25. The number of hydrogen-bond acceptors (Lipinski definition) is 0. The first-order valence-electron chi connectivity index (χ1n) is 5.77. The number of benzene rings is 1. The number of alkyl halides is 3. The third kappa shape index (κ3) is 1.45. The lowest BCUT2D eigenvalue weighted by Gasteiger charge is -2.18. The van der Waals surface area contributed by atoms with E-state index >= 15 is 0 Å². The maximum Gasteiger partial charge on any atom is 0.416 e. The molecule has 2 aliphatic carbocycles. The second-order valence-corrected chi connectivity index (χ2v) is 4.90. The molecule has 0 aliphatic heterocycles. The summed E-state index contributed by atoms with van der Waals surface area (Å²) in [4.78, 5) is 0. The molecule has 0 amide bonds. The summed E-state index contributed by atoms with van der Waals surface area (Å²) >= 11 is 0. The van der Waals surface area contributed by atoms with Crippen LogP contribution in [0.4, 0.5) is 13.2 Å². The highest BCUT2D eigenvalue weighted by atomic mass is 19.4. The Bertz CT molecular complexity index is 420. The molecule has 0 unspecified atom stereocenters. The minimum absolute atomic E-state index is 0.385. The van der Waals surface area contributed by atoms with Crippen LogP contribution >= 0.6 is 0 Å². The summed E-state index contributed by atoms with van der Waals surface area (Å²) in [6.45, 7) is 0. The molecule has 0 heterocycles. The number of halogens is 3. The van der Waals surface area contributed by atoms with Gasteiger partial charge >= 0.3 is 6.18 Å². The van der Waals surface area contributed by atoms with Gasteiger partial charge in [0.05, 0.1) is 5.56 Å². The monoisotopic (exact) mass is 226 g/mol. The number of rotatable bonds is 0. The molecule has 2 atom stereocenters. The molecule has 0 aromatic heterocycles. The van der Waals surface area contributed by atoms with Gasteiger partial charge in [-0.3, -0.25) is 0 Å². The Morgan fingerprint density at radius 3 is 2.38 bits per heavy atom. The predicted octanol–water partition coefficient (Wildman–Crippen LogP) is 4.46. The van der Waals surface area contributed by atoms with E-state index in [-0.39, 0.29) is 0 Å². The van der Waals surface area contributed by atoms with Gasteiger partial charge < -0.3 is 0 Å². The first-order chi connectivity index (χ1) is 7.55. The maximum absolute atomic E-state index is 12.6. The topological polar surface area (TPSA) is 0 Å². The fraction of sp³-hybridized carbons (Fsp3) is 0.538. The average Bonchev–Trinajstić information content (AvgIpc) is 2.50. The third-order valence-electron chi connectivity index (χ3n) is 3.97. The van der Waals surface area contributed by atoms with E-state index in [0.717, 1.165) is 31.2 Å². The standard InChI is InChI=1S/C13H13F3/c14-13(15,16)10-4-5-11-8-2-1-3-9(6-8)12(11)7-10/h4-5,7-9H,1-3,6H2/t8-,9-/m0/s1. The van der Waals surface area contributed by atoms with E-state index < -0.39 is 11.7 Å². The molecule has 3 rings (SSSR count). The predicted molar refractivity (Wildman–Crippen MR) is 55.4 cm³/mol. The smallest absolute Gasteiger partial charge is 0.166 e. The van der Waals surface area contributed by atoms with Crippen molar-refractivity contribution >= 4 is 0 Å². The molecule has 0 nitrogen and oxygen atoms in total. The average molecular weight is 226 g/mol. The molecule has 0 N–H and O–H groups in total. The van der Waals surface area contributed by atoms with Crippen LogP contribution in [0.3, 0.4) is 0 Å². The lowest BCUT2D eigenvalue weighted by molar-refractivity contribution is -0.137. The molecule has 16 heavy (non-hydrogen) atoms. The Kier molecular flexibility index (Phi) is 2.07. The van der Waals surface area contributed by atoms with Crippen LogP contribution in [0.2, 0.25) is 0 Å². The summed E-state index contributed by atoms with van der Waals surface area (Å²) in [7, 11) is 0. The van der Waals surface area contributed by atoms with Gasteiger partial charge in [-0.1, -0.05) is 12.5 Å². The summed E-state index contributed by atoms with van der Waals surface area (Å²) in [5.41, 5.74) is 1.66. The van der Waals surface area contributed by atoms with Crippen molar-refractivity contribution in [3.05, 3.63) is 34.9 Å². The first kappa shape index (κ1) is 10.2. The van der Waals surface area contributed by atoms with Gasteiger partial charge in [-0.05, 0) is 54.4 Å². The second-order valence-electron chi connectivity index (χ2n) is 4.90. The van der Waals surface area contributed by atoms with Crippen LogP contribution < -0.4 is 0 Å². The summed E-state index contributed by atoms with van der Waals surface area (Å²) in [6, 6.07) is 4.32. The van der Waals surface area contributed by atoms with Crippen molar-refractivity contribution in [2.75, 3.05) is 0 Å². The van der Waals surface area contributed by atoms with E-state index in [1.54, 1.807) is 6.07 Å². The molecule has 1 aromatic rings. The molecule has 86 valence electrons. The van der Waals surface area contributed by atoms with Gasteiger partial charge in [-0.25, -0.2) is 0 Å². The largest absolute Gasteiger partial charge is 0.416 e. The molecule has 3 heteroatoms. The Hall–Kier alpha value is -0.990. The third-order valence-corrected chi connectivity index (χ3v) is 3.97. The SMILES string of the molecule is FC(F)(F)c1ccc2c(c1)[C@H]1CCC[C@H]2C1. The van der Waals surface area contributed by atoms with Gasteiger partial charge in [0.15, 0.2) is 0 Å². The van der Waals surface area contributed by atoms with Crippen molar-refractivity contribution < 1.29 is 13.2 Å². The van der Waals surface area contributed by atoms with Gasteiger partial charge in [0.25, 0.3) is 0 Å². The van der Waals surface area contributed by atoms with Crippen molar-refractivity contribution in [1.82, 2.24) is 0 Å². The zero-order valence-corrected chi connectivity index (χ0v) is 8.85. The van der Waals surface area contributed by atoms with E-state index in [1.807, 2.05) is 0 Å². The summed E-state index contributed by atoms with van der Waals surface area (Å²) in [6.07, 6.45) is 0.230. The fourth-order valence-electron chi connectivity index (χ4n) is 3.23. The zero-order valence-electron chi connectivity index (χ0n) is 8.85. The fourth-order valence-corrected chi connectivity index (χ4v) is 3.23. The van der Waals surface area contributed by atoms with E-state index in [0.29, 0.717) is 11.8 Å². The highest BCUT2D eigenvalue weighted by Gasteiger charge is 2.37. The van der Waals surface area contributed by atoms with E-state index in [4.69, 9.17) is 0 Å². The molecule has 0 radical (unpaired) electrons. The van der Waals surface area contributed by atoms with Crippen molar-refractivity contribution in [3.63, 3.8) is 0 Å². The van der Waals surface area contributed by atoms with Gasteiger partial charge in [-0.2, -0.15) is 13.2 Å². The maximum atomic E-state index is 12.6. The number of fused-ring (bicyclic) bond motifs is 5. The van der Waals surface area contributed by atoms with Gasteiger partial charge in [0.1, 0.15) is 0 Å². The summed E-state index contributed by atoms with van der Waals surface area (Å²) in [5, 5.41) is 0. The molecule has 1 fully saturated rings. The highest BCUT2D eigenvalue weighted by Crippen LogP contribution is 2.51. The van der Waals surface area contributed by atoms with Crippen LogP contribution in [0.25, 0.3) is 0 Å². The molecule has 0 saturated heterocycles. The van der Waals surface area contributed by atoms with Gasteiger partial charge in [0.2, 0.25) is 0 Å². The van der Waals surface area contributed by atoms with Crippen LogP contribution in [0.5, 0.6) is 0 Å². The summed E-state index contributed by atoms with van der Waals surface area (Å²) < 4.78 is 37.8. The van der Waals surface area contributed by atoms with E-state index in [2.05, 4.69) is 0 Å². The van der Waals surface area contributed by atoms with E-state index in [1.165, 1.54) is 17.7 Å². The molecular formula is C13H13F3. The van der Waals surface area contributed by atoms with E-state index in [9.17, 15) is 13.2 Å². The Morgan fingerprint density at radius 2 is 1.69 bits per heavy atom. The summed E-state index contributed by atoms with van der Waals surface area (Å²) in [5.74, 6) is 0.909. The first-order valence-corrected chi connectivity index (χ1v) is 5.77. The highest BCUT2D eigenvalue weighted by molar-refractivity contribution is 5.43. The van der Waals surface area contributed by atoms with Crippen molar-refractivity contribution in [3.8, 4) is 0 Å². The van der Waals surface area contributed by atoms with Crippen molar-refractivity contribution in [1.29, 1.82) is 0 Å². The Morgan fingerprint density at radius 1 is 1.00 bits per heavy atom. The van der Waals surface area contributed by atoms with Crippen LogP contribution in [-0.4, -0.2) is 0 Å². The molecule has 2 aliphatic rings. The van der Waals surface area contributed by atoms with Gasteiger partial charge in [0, 0.05) is 0 Å². The Balaban J connectivity index is 2.07. The Labute approximate surface area is 92.5 Å². The van der Waals surface area contributed by atoms with Crippen LogP contribution in [0.15, 0.2) is 18.2 Å². The quantitative estimate of drug-likeness (QED) is 0.612. The van der Waals surface area contributed by atoms with Crippen LogP contribution in [-0.2, 0) is 6.18 Å². The van der Waals surface area contributed by atoms with Gasteiger partial charge in [-0.15, -0.1) is 0 Å². The number of hydrogen-bond donors (Lipinski definition) is 0. The van der Waals surface area contributed by atoms with Crippen LogP contribution in [0.1, 0.15) is 54.2 Å². The molecule has 0 spiro atoms. The zero-order chi connectivity index (χ0) is 11.3. The molecule has 1 saturated carbocycles. The normalized spacial score (nSPS) is 27.9. The minimum Gasteiger partial charge on any atom is -0.166 e. The molecular weight excluding hydrogens is 213 g/mol. The molecule has 2 bridgehead atoms. The van der Waals surface area contributed by atoms with Crippen LogP contribution in [0, 0.1) is 0 Å². The molecule has 1 aromatic carbocycles.